The number of benzene rings is 1. The third-order valence-electron chi connectivity index (χ3n) is 3.04. The van der Waals surface area contributed by atoms with Crippen molar-refractivity contribution in [1.29, 1.82) is 0 Å². The highest BCUT2D eigenvalue weighted by atomic mass is 16.1. The van der Waals surface area contributed by atoms with E-state index in [0.29, 0.717) is 12.3 Å². The normalized spacial score (nSPS) is 14.5. The van der Waals surface area contributed by atoms with Crippen LogP contribution in [0.15, 0.2) is 18.2 Å². The van der Waals surface area contributed by atoms with Gasteiger partial charge in [0.25, 0.3) is 0 Å². The Morgan fingerprint density at radius 1 is 1.44 bits per heavy atom. The second-order valence-electron chi connectivity index (χ2n) is 4.47. The number of aromatic nitrogens is 4. The standard InChI is InChI=1S/C12H13N5O/c1-8-2-5-10(6-11(8)13-7-18)17-15-12(14-16-17)9-3-4-9/h2,5-7,9H,3-4H2,1H3,(H,13,18). The highest BCUT2D eigenvalue weighted by Crippen LogP contribution is 2.37. The zero-order valence-electron chi connectivity index (χ0n) is 10.00. The lowest BCUT2D eigenvalue weighted by Crippen LogP contribution is -2.02. The zero-order chi connectivity index (χ0) is 12.5. The van der Waals surface area contributed by atoms with Crippen molar-refractivity contribution in [1.82, 2.24) is 20.2 Å². The molecule has 1 aromatic carbocycles. The van der Waals surface area contributed by atoms with Crippen LogP contribution in [-0.4, -0.2) is 26.6 Å². The molecule has 0 atom stereocenters. The van der Waals surface area contributed by atoms with Gasteiger partial charge in [-0.05, 0) is 42.7 Å². The van der Waals surface area contributed by atoms with E-state index in [-0.39, 0.29) is 0 Å². The van der Waals surface area contributed by atoms with Crippen molar-refractivity contribution in [2.24, 2.45) is 0 Å². The van der Waals surface area contributed by atoms with Crippen molar-refractivity contribution in [2.45, 2.75) is 25.7 Å². The summed E-state index contributed by atoms with van der Waals surface area (Å²) in [6.45, 7) is 1.93. The van der Waals surface area contributed by atoms with E-state index in [1.807, 2.05) is 25.1 Å². The van der Waals surface area contributed by atoms with Crippen molar-refractivity contribution in [3.8, 4) is 5.69 Å². The monoisotopic (exact) mass is 243 g/mol. The molecule has 3 rings (SSSR count). The van der Waals surface area contributed by atoms with Crippen LogP contribution in [0, 0.1) is 6.92 Å². The van der Waals surface area contributed by atoms with E-state index in [2.05, 4.69) is 20.7 Å². The van der Waals surface area contributed by atoms with E-state index in [1.54, 1.807) is 0 Å². The molecule has 1 heterocycles. The number of tetrazole rings is 1. The van der Waals surface area contributed by atoms with Gasteiger partial charge >= 0.3 is 0 Å². The third kappa shape index (κ3) is 1.97. The van der Waals surface area contributed by atoms with Gasteiger partial charge in [0.15, 0.2) is 5.82 Å². The van der Waals surface area contributed by atoms with Crippen molar-refractivity contribution in [3.63, 3.8) is 0 Å². The van der Waals surface area contributed by atoms with Crippen LogP contribution < -0.4 is 5.32 Å². The molecule has 1 aliphatic rings. The second kappa shape index (κ2) is 4.21. The van der Waals surface area contributed by atoms with Crippen LogP contribution in [0.3, 0.4) is 0 Å². The highest BCUT2D eigenvalue weighted by molar-refractivity contribution is 5.74. The number of carbonyl (C=O) groups is 1. The summed E-state index contributed by atoms with van der Waals surface area (Å²) in [7, 11) is 0. The Labute approximate surface area is 104 Å². The maximum atomic E-state index is 10.5. The molecular weight excluding hydrogens is 230 g/mol. The Hall–Kier alpha value is -2.24. The molecule has 0 bridgehead atoms. The number of nitrogens with zero attached hydrogens (tertiary/aromatic N) is 4. The van der Waals surface area contributed by atoms with Crippen molar-refractivity contribution < 1.29 is 4.79 Å². The van der Waals surface area contributed by atoms with Crippen LogP contribution in [0.25, 0.3) is 5.69 Å². The third-order valence-corrected chi connectivity index (χ3v) is 3.04. The first-order valence-electron chi connectivity index (χ1n) is 5.89. The summed E-state index contributed by atoms with van der Waals surface area (Å²) < 4.78 is 0. The van der Waals surface area contributed by atoms with Gasteiger partial charge in [-0.25, -0.2) is 0 Å². The minimum Gasteiger partial charge on any atom is -0.328 e. The molecule has 0 aliphatic heterocycles. The molecule has 1 N–H and O–H groups in total. The minimum atomic E-state index is 0.483. The van der Waals surface area contributed by atoms with Gasteiger partial charge in [0, 0.05) is 11.6 Å². The molecule has 0 unspecified atom stereocenters. The van der Waals surface area contributed by atoms with Crippen LogP contribution in [0.2, 0.25) is 0 Å². The van der Waals surface area contributed by atoms with Crippen LogP contribution in [0.4, 0.5) is 5.69 Å². The van der Waals surface area contributed by atoms with Gasteiger partial charge < -0.3 is 5.32 Å². The summed E-state index contributed by atoms with van der Waals surface area (Å²) in [5.41, 5.74) is 2.55. The van der Waals surface area contributed by atoms with Crippen LogP contribution >= 0.6 is 0 Å². The average Bonchev–Trinajstić information content (AvgIpc) is 3.11. The van der Waals surface area contributed by atoms with Gasteiger partial charge in [-0.15, -0.1) is 15.0 Å². The molecule has 0 saturated heterocycles. The van der Waals surface area contributed by atoms with Gasteiger partial charge in [-0.2, -0.15) is 0 Å². The Bertz CT molecular complexity index is 588. The molecule has 0 spiro atoms. The van der Waals surface area contributed by atoms with Crippen molar-refractivity contribution in [3.05, 3.63) is 29.6 Å². The summed E-state index contributed by atoms with van der Waals surface area (Å²) in [5.74, 6) is 1.29. The first kappa shape index (κ1) is 10.9. The molecule has 92 valence electrons. The molecule has 18 heavy (non-hydrogen) atoms. The smallest absolute Gasteiger partial charge is 0.211 e. The van der Waals surface area contributed by atoms with Gasteiger partial charge in [-0.3, -0.25) is 4.79 Å². The van der Waals surface area contributed by atoms with Gasteiger partial charge in [-0.1, -0.05) is 6.07 Å². The highest BCUT2D eigenvalue weighted by Gasteiger charge is 2.28. The minimum absolute atomic E-state index is 0.483. The van der Waals surface area contributed by atoms with Crippen molar-refractivity contribution >= 4 is 12.1 Å². The fourth-order valence-corrected chi connectivity index (χ4v) is 1.79. The van der Waals surface area contributed by atoms with Crippen LogP contribution in [0.1, 0.15) is 30.1 Å². The molecule has 0 radical (unpaired) electrons. The Balaban J connectivity index is 1.94. The quantitative estimate of drug-likeness (QED) is 0.824. The van der Waals surface area contributed by atoms with E-state index in [9.17, 15) is 4.79 Å². The number of hydrogen-bond acceptors (Lipinski definition) is 4. The molecule has 1 amide bonds. The van der Waals surface area contributed by atoms with E-state index in [1.165, 1.54) is 4.80 Å². The molecule has 2 aromatic rings. The van der Waals surface area contributed by atoms with Gasteiger partial charge in [0.2, 0.25) is 6.41 Å². The molecule has 1 aromatic heterocycles. The molecule has 6 heteroatoms. The summed E-state index contributed by atoms with van der Waals surface area (Å²) in [6, 6.07) is 5.66. The number of amides is 1. The zero-order valence-corrected chi connectivity index (χ0v) is 10.00. The fourth-order valence-electron chi connectivity index (χ4n) is 1.79. The fraction of sp³-hybridized carbons (Fsp3) is 0.333. The van der Waals surface area contributed by atoms with E-state index >= 15 is 0 Å². The SMILES string of the molecule is Cc1ccc(-n2nnc(C3CC3)n2)cc1NC=O. The second-order valence-corrected chi connectivity index (χ2v) is 4.47. The molecule has 6 nitrogen and oxygen atoms in total. The van der Waals surface area contributed by atoms with E-state index in [0.717, 1.165) is 35.6 Å². The predicted octanol–water partition coefficient (Wildman–Crippen LogP) is 1.42. The van der Waals surface area contributed by atoms with E-state index < -0.39 is 0 Å². The van der Waals surface area contributed by atoms with Gasteiger partial charge in [0.1, 0.15) is 0 Å². The Morgan fingerprint density at radius 3 is 3.00 bits per heavy atom. The lowest BCUT2D eigenvalue weighted by atomic mass is 10.2. The topological polar surface area (TPSA) is 72.7 Å². The lowest BCUT2D eigenvalue weighted by Gasteiger charge is -2.06. The summed E-state index contributed by atoms with van der Waals surface area (Å²) in [4.78, 5) is 12.0. The lowest BCUT2D eigenvalue weighted by molar-refractivity contribution is -0.105. The molecule has 1 aliphatic carbocycles. The maximum absolute atomic E-state index is 10.5. The Morgan fingerprint density at radius 2 is 2.28 bits per heavy atom. The molecule has 1 saturated carbocycles. The Kier molecular flexibility index (Phi) is 2.55. The largest absolute Gasteiger partial charge is 0.328 e. The molecule has 1 fully saturated rings. The predicted molar refractivity (Wildman–Crippen MR) is 65.6 cm³/mol. The van der Waals surface area contributed by atoms with Crippen LogP contribution in [0.5, 0.6) is 0 Å². The number of aryl methyl sites for hydroxylation is 1. The summed E-state index contributed by atoms with van der Waals surface area (Å²) >= 11 is 0. The number of nitrogens with one attached hydrogen (secondary N) is 1. The van der Waals surface area contributed by atoms with E-state index in [4.69, 9.17) is 0 Å². The average molecular weight is 243 g/mol. The maximum Gasteiger partial charge on any atom is 0.211 e. The summed E-state index contributed by atoms with van der Waals surface area (Å²) in [6.07, 6.45) is 2.96. The van der Waals surface area contributed by atoms with Gasteiger partial charge in [0.05, 0.1) is 5.69 Å². The number of anilines is 1. The molecular formula is C12H13N5O. The summed E-state index contributed by atoms with van der Waals surface area (Å²) in [5, 5.41) is 15.1. The van der Waals surface area contributed by atoms with Crippen LogP contribution in [-0.2, 0) is 4.79 Å². The van der Waals surface area contributed by atoms with Crippen molar-refractivity contribution in [2.75, 3.05) is 5.32 Å². The number of carbonyl (C=O) groups excluding carboxylic acids is 1. The first-order chi connectivity index (χ1) is 8.78. The number of rotatable bonds is 4. The number of hydrogen-bond donors (Lipinski definition) is 1. The first-order valence-corrected chi connectivity index (χ1v) is 5.89.